The average Bonchev–Trinajstić information content (AvgIpc) is 2.81. The van der Waals surface area contributed by atoms with Crippen LogP contribution < -0.4 is 9.47 Å². The van der Waals surface area contributed by atoms with E-state index in [1.165, 1.54) is 0 Å². The molecule has 4 nitrogen and oxygen atoms in total. The van der Waals surface area contributed by atoms with E-state index in [9.17, 15) is 9.59 Å². The third-order valence-corrected chi connectivity index (χ3v) is 5.98. The van der Waals surface area contributed by atoms with Crippen LogP contribution in [0.2, 0.25) is 0 Å². The van der Waals surface area contributed by atoms with E-state index in [0.29, 0.717) is 24.3 Å². The van der Waals surface area contributed by atoms with E-state index in [4.69, 9.17) is 9.47 Å². The Bertz CT molecular complexity index is 1100. The van der Waals surface area contributed by atoms with Gasteiger partial charge in [0.2, 0.25) is 0 Å². The Kier molecular flexibility index (Phi) is 9.29. The lowest BCUT2D eigenvalue weighted by molar-refractivity contribution is -0.135. The van der Waals surface area contributed by atoms with Crippen molar-refractivity contribution in [1.82, 2.24) is 0 Å². The van der Waals surface area contributed by atoms with Crippen LogP contribution in [0, 0.1) is 6.92 Å². The molecule has 0 N–H and O–H groups in total. The molecule has 3 aromatic rings. The van der Waals surface area contributed by atoms with Crippen LogP contribution in [0.5, 0.6) is 11.5 Å². The molecule has 0 heterocycles. The molecule has 33 heavy (non-hydrogen) atoms. The zero-order valence-electron chi connectivity index (χ0n) is 20.2. The van der Waals surface area contributed by atoms with Crippen molar-refractivity contribution in [2.45, 2.75) is 85.0 Å². The van der Waals surface area contributed by atoms with Crippen molar-refractivity contribution in [3.05, 3.63) is 48.0 Å². The molecule has 0 aliphatic heterocycles. The normalized spacial score (nSPS) is 11.1. The van der Waals surface area contributed by atoms with Crippen molar-refractivity contribution in [2.24, 2.45) is 0 Å². The summed E-state index contributed by atoms with van der Waals surface area (Å²) >= 11 is 0. The van der Waals surface area contributed by atoms with E-state index in [0.717, 1.165) is 78.5 Å². The van der Waals surface area contributed by atoms with Gasteiger partial charge in [-0.1, -0.05) is 94.3 Å². The number of unbranched alkanes of at least 4 members (excludes halogenated alkanes) is 6. The van der Waals surface area contributed by atoms with E-state index in [2.05, 4.69) is 13.8 Å². The fourth-order valence-corrected chi connectivity index (χ4v) is 4.16. The Morgan fingerprint density at radius 1 is 0.636 bits per heavy atom. The molecular weight excluding hydrogens is 412 g/mol. The Morgan fingerprint density at radius 3 is 1.64 bits per heavy atom. The molecule has 0 radical (unpaired) electrons. The minimum atomic E-state index is -0.223. The SMILES string of the molecule is CCCCCCC(=O)Oc1c2ccccc2c(OC(=O)CCCCCC)c2cc(C)ccc12. The first-order valence-electron chi connectivity index (χ1n) is 12.4. The monoisotopic (exact) mass is 448 g/mol. The molecule has 0 fully saturated rings. The van der Waals surface area contributed by atoms with Crippen molar-refractivity contribution >= 4 is 33.5 Å². The maximum Gasteiger partial charge on any atom is 0.311 e. The van der Waals surface area contributed by atoms with Gasteiger partial charge in [-0.15, -0.1) is 0 Å². The highest BCUT2D eigenvalue weighted by atomic mass is 16.5. The van der Waals surface area contributed by atoms with Gasteiger partial charge in [-0.3, -0.25) is 9.59 Å². The van der Waals surface area contributed by atoms with Crippen LogP contribution in [0.25, 0.3) is 21.5 Å². The fraction of sp³-hybridized carbons (Fsp3) is 0.448. The summed E-state index contributed by atoms with van der Waals surface area (Å²) < 4.78 is 11.9. The van der Waals surface area contributed by atoms with E-state index in [1.54, 1.807) is 0 Å². The van der Waals surface area contributed by atoms with Crippen LogP contribution in [-0.4, -0.2) is 11.9 Å². The van der Waals surface area contributed by atoms with E-state index < -0.39 is 0 Å². The summed E-state index contributed by atoms with van der Waals surface area (Å²) in [5.74, 6) is 0.648. The van der Waals surface area contributed by atoms with Gasteiger partial charge in [-0.2, -0.15) is 0 Å². The summed E-state index contributed by atoms with van der Waals surface area (Å²) in [6.45, 7) is 6.31. The van der Waals surface area contributed by atoms with Crippen LogP contribution in [0.3, 0.4) is 0 Å². The molecule has 3 aromatic carbocycles. The fourth-order valence-electron chi connectivity index (χ4n) is 4.16. The predicted octanol–water partition coefficient (Wildman–Crippen LogP) is 8.05. The highest BCUT2D eigenvalue weighted by Crippen LogP contribution is 2.43. The minimum Gasteiger partial charge on any atom is -0.425 e. The minimum absolute atomic E-state index is 0.222. The first kappa shape index (κ1) is 24.8. The Morgan fingerprint density at radius 2 is 1.12 bits per heavy atom. The topological polar surface area (TPSA) is 52.6 Å². The van der Waals surface area contributed by atoms with Crippen molar-refractivity contribution < 1.29 is 19.1 Å². The van der Waals surface area contributed by atoms with E-state index in [-0.39, 0.29) is 11.9 Å². The molecular formula is C29H36O4. The lowest BCUT2D eigenvalue weighted by Gasteiger charge is -2.17. The number of benzene rings is 3. The number of hydrogen-bond acceptors (Lipinski definition) is 4. The zero-order valence-corrected chi connectivity index (χ0v) is 20.2. The number of carbonyl (C=O) groups excluding carboxylic acids is 2. The van der Waals surface area contributed by atoms with Crippen molar-refractivity contribution in [3.63, 3.8) is 0 Å². The molecule has 0 atom stereocenters. The highest BCUT2D eigenvalue weighted by Gasteiger charge is 2.20. The molecule has 0 amide bonds. The van der Waals surface area contributed by atoms with Gasteiger partial charge in [0.25, 0.3) is 0 Å². The summed E-state index contributed by atoms with van der Waals surface area (Å²) in [6.07, 6.45) is 9.01. The van der Waals surface area contributed by atoms with Gasteiger partial charge < -0.3 is 9.47 Å². The van der Waals surface area contributed by atoms with Crippen LogP contribution >= 0.6 is 0 Å². The summed E-state index contributed by atoms with van der Waals surface area (Å²) in [6, 6.07) is 13.6. The second kappa shape index (κ2) is 12.4. The van der Waals surface area contributed by atoms with Gasteiger partial charge in [0, 0.05) is 34.4 Å². The molecule has 176 valence electrons. The summed E-state index contributed by atoms with van der Waals surface area (Å²) in [7, 11) is 0. The molecule has 0 aliphatic carbocycles. The van der Waals surface area contributed by atoms with Crippen LogP contribution in [0.15, 0.2) is 42.5 Å². The van der Waals surface area contributed by atoms with Gasteiger partial charge in [-0.25, -0.2) is 0 Å². The Hall–Kier alpha value is -2.88. The van der Waals surface area contributed by atoms with Crippen LogP contribution in [-0.2, 0) is 9.59 Å². The molecule has 0 spiro atoms. The predicted molar refractivity (Wildman–Crippen MR) is 135 cm³/mol. The first-order chi connectivity index (χ1) is 16.0. The summed E-state index contributed by atoms with van der Waals surface area (Å²) in [5, 5.41) is 3.15. The van der Waals surface area contributed by atoms with E-state index >= 15 is 0 Å². The van der Waals surface area contributed by atoms with E-state index in [1.807, 2.05) is 49.4 Å². The van der Waals surface area contributed by atoms with Gasteiger partial charge in [0.1, 0.15) is 11.5 Å². The van der Waals surface area contributed by atoms with Crippen molar-refractivity contribution in [2.75, 3.05) is 0 Å². The third-order valence-electron chi connectivity index (χ3n) is 5.98. The smallest absolute Gasteiger partial charge is 0.311 e. The summed E-state index contributed by atoms with van der Waals surface area (Å²) in [4.78, 5) is 25.3. The average molecular weight is 449 g/mol. The lowest BCUT2D eigenvalue weighted by Crippen LogP contribution is -2.10. The van der Waals surface area contributed by atoms with Crippen LogP contribution in [0.4, 0.5) is 0 Å². The lowest BCUT2D eigenvalue weighted by atomic mass is 9.99. The second-order valence-corrected chi connectivity index (χ2v) is 8.82. The maximum atomic E-state index is 12.7. The van der Waals surface area contributed by atoms with Gasteiger partial charge in [0.15, 0.2) is 0 Å². The first-order valence-corrected chi connectivity index (χ1v) is 12.4. The Balaban J connectivity index is 1.97. The van der Waals surface area contributed by atoms with Crippen LogP contribution in [0.1, 0.15) is 83.6 Å². The summed E-state index contributed by atoms with van der Waals surface area (Å²) in [5.41, 5.74) is 1.05. The third kappa shape index (κ3) is 6.56. The zero-order chi connectivity index (χ0) is 23.6. The van der Waals surface area contributed by atoms with Gasteiger partial charge in [0.05, 0.1) is 0 Å². The molecule has 0 aliphatic rings. The molecule has 0 saturated heterocycles. The van der Waals surface area contributed by atoms with Gasteiger partial charge >= 0.3 is 11.9 Å². The number of carbonyl (C=O) groups is 2. The van der Waals surface area contributed by atoms with Crippen molar-refractivity contribution in [1.29, 1.82) is 0 Å². The van der Waals surface area contributed by atoms with Gasteiger partial charge in [-0.05, 0) is 25.8 Å². The molecule has 3 rings (SSSR count). The highest BCUT2D eigenvalue weighted by molar-refractivity contribution is 6.12. The number of rotatable bonds is 12. The van der Waals surface area contributed by atoms with Crippen molar-refractivity contribution in [3.8, 4) is 11.5 Å². The maximum absolute atomic E-state index is 12.7. The number of esters is 2. The number of hydrogen-bond donors (Lipinski definition) is 0. The number of fused-ring (bicyclic) bond motifs is 2. The molecule has 0 unspecified atom stereocenters. The number of aryl methyl sites for hydroxylation is 1. The number of ether oxygens (including phenoxy) is 2. The molecule has 0 saturated carbocycles. The standard InChI is InChI=1S/C29H36O4/c1-4-6-8-10-16-26(30)32-28-22-14-12-13-15-23(22)29(25-20-21(3)18-19-24(25)28)33-27(31)17-11-9-7-5-2/h12-15,18-20H,4-11,16-17H2,1-3H3. The largest absolute Gasteiger partial charge is 0.425 e. The Labute approximate surface area is 197 Å². The second-order valence-electron chi connectivity index (χ2n) is 8.82. The molecule has 0 bridgehead atoms. The quantitative estimate of drug-likeness (QED) is 0.122. The molecule has 0 aromatic heterocycles. The molecule has 4 heteroatoms.